The molecule has 1 N–H and O–H groups in total. The lowest BCUT2D eigenvalue weighted by molar-refractivity contribution is -0.129. The fourth-order valence-corrected chi connectivity index (χ4v) is 5.05. The lowest BCUT2D eigenvalue weighted by Crippen LogP contribution is -2.31. The number of ether oxygens (including phenoxy) is 2. The number of benzene rings is 3. The number of aliphatic hydroxyl groups is 1. The number of rotatable bonds is 9. The third kappa shape index (κ3) is 4.79. The molecule has 38 heavy (non-hydrogen) atoms. The summed E-state index contributed by atoms with van der Waals surface area (Å²) in [6.45, 7) is 2.64. The monoisotopic (exact) mass is 575 g/mol. The lowest BCUT2D eigenvalue weighted by atomic mass is 9.94. The third-order valence-corrected chi connectivity index (χ3v) is 6.95. The van der Waals surface area contributed by atoms with Gasteiger partial charge in [0.25, 0.3) is 5.91 Å². The summed E-state index contributed by atoms with van der Waals surface area (Å²) in [6, 6.07) is 21.2. The summed E-state index contributed by atoms with van der Waals surface area (Å²) in [6.07, 6.45) is 0.644. The molecule has 1 aromatic heterocycles. The van der Waals surface area contributed by atoms with Crippen LogP contribution in [0.15, 0.2) is 93.0 Å². The van der Waals surface area contributed by atoms with Gasteiger partial charge in [-0.2, -0.15) is 0 Å². The highest BCUT2D eigenvalue weighted by molar-refractivity contribution is 9.10. The van der Waals surface area contributed by atoms with Crippen molar-refractivity contribution in [1.29, 1.82) is 0 Å². The Kier molecular flexibility index (Phi) is 7.24. The first kappa shape index (κ1) is 25.6. The molecule has 0 fully saturated rings. The quantitative estimate of drug-likeness (QED) is 0.221. The van der Waals surface area contributed by atoms with Gasteiger partial charge in [-0.15, -0.1) is 0 Å². The van der Waals surface area contributed by atoms with Gasteiger partial charge in [0.2, 0.25) is 5.78 Å². The number of furan rings is 1. The van der Waals surface area contributed by atoms with Gasteiger partial charge in [0.05, 0.1) is 18.7 Å². The summed E-state index contributed by atoms with van der Waals surface area (Å²) in [5.41, 5.74) is 2.13. The second-order valence-electron chi connectivity index (χ2n) is 8.97. The summed E-state index contributed by atoms with van der Waals surface area (Å²) in [7, 11) is 1.53. The topological polar surface area (TPSA) is 89.2 Å². The first-order chi connectivity index (χ1) is 18.4. The third-order valence-electron chi connectivity index (χ3n) is 6.46. The molecule has 194 valence electrons. The molecule has 3 aromatic carbocycles. The number of aliphatic hydroxyl groups excluding tert-OH is 1. The molecule has 1 atom stereocenters. The van der Waals surface area contributed by atoms with Gasteiger partial charge in [0, 0.05) is 16.4 Å². The van der Waals surface area contributed by atoms with Crippen LogP contribution in [-0.4, -0.2) is 35.4 Å². The van der Waals surface area contributed by atoms with E-state index in [0.29, 0.717) is 42.2 Å². The van der Waals surface area contributed by atoms with E-state index < -0.39 is 23.5 Å². The lowest BCUT2D eigenvalue weighted by Gasteiger charge is -2.27. The first-order valence-electron chi connectivity index (χ1n) is 12.2. The Bertz CT molecular complexity index is 1540. The number of carbonyl (C=O) groups excluding carboxylic acids is 2. The molecule has 8 heteroatoms. The van der Waals surface area contributed by atoms with E-state index >= 15 is 0 Å². The minimum Gasteiger partial charge on any atom is -0.503 e. The predicted molar refractivity (Wildman–Crippen MR) is 146 cm³/mol. The van der Waals surface area contributed by atoms with Crippen molar-refractivity contribution in [3.63, 3.8) is 0 Å². The zero-order valence-electron chi connectivity index (χ0n) is 20.9. The van der Waals surface area contributed by atoms with Crippen molar-refractivity contribution >= 4 is 38.6 Å². The molecule has 0 aliphatic carbocycles. The highest BCUT2D eigenvalue weighted by Gasteiger charge is 2.44. The van der Waals surface area contributed by atoms with Gasteiger partial charge in [-0.05, 0) is 53.9 Å². The van der Waals surface area contributed by atoms with E-state index in [9.17, 15) is 14.7 Å². The summed E-state index contributed by atoms with van der Waals surface area (Å²) >= 11 is 3.42. The van der Waals surface area contributed by atoms with Crippen molar-refractivity contribution in [3.05, 3.63) is 105 Å². The van der Waals surface area contributed by atoms with Crippen LogP contribution in [0.3, 0.4) is 0 Å². The SMILES string of the molecule is CCCN1C(=O)C(O)=C(C(=O)c2cc3cc(Br)ccc3o2)C1c1ccc(OCc2ccccc2)c(OC)c1. The molecule has 0 bridgehead atoms. The molecule has 4 aromatic rings. The molecule has 0 saturated heterocycles. The molecule has 1 amide bonds. The summed E-state index contributed by atoms with van der Waals surface area (Å²) in [4.78, 5) is 28.3. The Hall–Kier alpha value is -4.04. The first-order valence-corrected chi connectivity index (χ1v) is 13.0. The number of carbonyl (C=O) groups is 2. The van der Waals surface area contributed by atoms with Crippen molar-refractivity contribution in [2.75, 3.05) is 13.7 Å². The second kappa shape index (κ2) is 10.8. The summed E-state index contributed by atoms with van der Waals surface area (Å²) in [5, 5.41) is 11.6. The molecule has 5 rings (SSSR count). The highest BCUT2D eigenvalue weighted by Crippen LogP contribution is 2.42. The van der Waals surface area contributed by atoms with Crippen molar-refractivity contribution in [2.24, 2.45) is 0 Å². The van der Waals surface area contributed by atoms with Gasteiger partial charge in [0.15, 0.2) is 23.0 Å². The molecule has 1 unspecified atom stereocenters. The fourth-order valence-electron chi connectivity index (χ4n) is 4.67. The Morgan fingerprint density at radius 1 is 1.05 bits per heavy atom. The number of hydrogen-bond donors (Lipinski definition) is 1. The number of halogens is 1. The predicted octanol–water partition coefficient (Wildman–Crippen LogP) is 6.77. The molecular formula is C30H26BrNO6. The molecule has 0 spiro atoms. The van der Waals surface area contributed by atoms with Gasteiger partial charge in [-0.3, -0.25) is 9.59 Å². The molecule has 0 saturated carbocycles. The van der Waals surface area contributed by atoms with Crippen LogP contribution in [-0.2, 0) is 11.4 Å². The molecule has 7 nitrogen and oxygen atoms in total. The van der Waals surface area contributed by atoms with E-state index in [4.69, 9.17) is 13.9 Å². The number of ketones is 1. The van der Waals surface area contributed by atoms with Crippen LogP contribution in [0.2, 0.25) is 0 Å². The molecule has 0 radical (unpaired) electrons. The Labute approximate surface area is 228 Å². The van der Waals surface area contributed by atoms with Crippen molar-refractivity contribution < 1.29 is 28.6 Å². The zero-order chi connectivity index (χ0) is 26.8. The van der Waals surface area contributed by atoms with Crippen LogP contribution >= 0.6 is 15.9 Å². The van der Waals surface area contributed by atoms with Gasteiger partial charge in [0.1, 0.15) is 12.2 Å². The fraction of sp³-hybridized carbons (Fsp3) is 0.200. The molecular weight excluding hydrogens is 550 g/mol. The maximum absolute atomic E-state index is 13.7. The number of fused-ring (bicyclic) bond motifs is 1. The van der Waals surface area contributed by atoms with Gasteiger partial charge in [-0.25, -0.2) is 0 Å². The largest absolute Gasteiger partial charge is 0.503 e. The van der Waals surface area contributed by atoms with Gasteiger partial charge >= 0.3 is 0 Å². The van der Waals surface area contributed by atoms with Crippen molar-refractivity contribution in [1.82, 2.24) is 4.90 Å². The number of Topliss-reactive ketones (excluding diaryl/α,β-unsaturated/α-hetero) is 1. The van der Waals surface area contributed by atoms with E-state index in [-0.39, 0.29) is 11.3 Å². The van der Waals surface area contributed by atoms with E-state index in [1.54, 1.807) is 30.3 Å². The number of amides is 1. The van der Waals surface area contributed by atoms with Gasteiger partial charge < -0.3 is 23.9 Å². The summed E-state index contributed by atoms with van der Waals surface area (Å²) < 4.78 is 18.2. The minimum atomic E-state index is -0.813. The van der Waals surface area contributed by atoms with Gasteiger partial charge in [-0.1, -0.05) is 59.3 Å². The van der Waals surface area contributed by atoms with Crippen LogP contribution in [0.5, 0.6) is 11.5 Å². The molecule has 1 aliphatic rings. The van der Waals surface area contributed by atoms with Crippen molar-refractivity contribution in [3.8, 4) is 11.5 Å². The normalized spacial score (nSPS) is 15.4. The van der Waals surface area contributed by atoms with Crippen LogP contribution in [0.25, 0.3) is 11.0 Å². The standard InChI is InChI=1S/C30H26BrNO6/c1-3-13-32-27(19-9-11-23(24(15-19)36-2)37-17-18-7-5-4-6-8-18)26(29(34)30(32)35)28(33)25-16-20-14-21(31)10-12-22(20)38-25/h4-12,14-16,27,34H,3,13,17H2,1-2H3. The number of nitrogens with zero attached hydrogens (tertiary/aromatic N) is 1. The van der Waals surface area contributed by atoms with Crippen LogP contribution < -0.4 is 9.47 Å². The van der Waals surface area contributed by atoms with E-state index in [1.165, 1.54) is 12.0 Å². The Balaban J connectivity index is 1.51. The number of hydrogen-bond acceptors (Lipinski definition) is 6. The Morgan fingerprint density at radius 3 is 2.58 bits per heavy atom. The summed E-state index contributed by atoms with van der Waals surface area (Å²) in [5.74, 6) is -0.689. The number of methoxy groups -OCH3 is 1. The van der Waals surface area contributed by atoms with Crippen LogP contribution in [0.4, 0.5) is 0 Å². The highest BCUT2D eigenvalue weighted by atomic mass is 79.9. The van der Waals surface area contributed by atoms with E-state index in [0.717, 1.165) is 15.4 Å². The average molecular weight is 576 g/mol. The van der Waals surface area contributed by atoms with Crippen LogP contribution in [0.1, 0.15) is 41.1 Å². The van der Waals surface area contributed by atoms with Crippen molar-refractivity contribution in [2.45, 2.75) is 26.0 Å². The minimum absolute atomic E-state index is 0.0263. The smallest absolute Gasteiger partial charge is 0.290 e. The van der Waals surface area contributed by atoms with Crippen LogP contribution in [0, 0.1) is 0 Å². The maximum Gasteiger partial charge on any atom is 0.290 e. The Morgan fingerprint density at radius 2 is 1.84 bits per heavy atom. The van der Waals surface area contributed by atoms with E-state index in [1.807, 2.05) is 49.4 Å². The second-order valence-corrected chi connectivity index (χ2v) is 9.89. The molecule has 2 heterocycles. The molecule has 1 aliphatic heterocycles. The average Bonchev–Trinajstić information content (AvgIpc) is 3.46. The zero-order valence-corrected chi connectivity index (χ0v) is 22.5. The van der Waals surface area contributed by atoms with E-state index in [2.05, 4.69) is 15.9 Å². The maximum atomic E-state index is 13.7.